The molecule has 0 saturated heterocycles. The maximum Gasteiger partial charge on any atom is 0.137 e. The summed E-state index contributed by atoms with van der Waals surface area (Å²) in [6.07, 6.45) is 2.78. The highest BCUT2D eigenvalue weighted by Crippen LogP contribution is 2.28. The van der Waals surface area contributed by atoms with E-state index in [1.54, 1.807) is 6.20 Å². The molecule has 0 aliphatic heterocycles. The first-order chi connectivity index (χ1) is 9.79. The van der Waals surface area contributed by atoms with Crippen LogP contribution >= 0.6 is 0 Å². The predicted molar refractivity (Wildman–Crippen MR) is 77.5 cm³/mol. The van der Waals surface area contributed by atoms with Crippen LogP contribution in [0.5, 0.6) is 0 Å². The molecule has 1 atom stereocenters. The van der Waals surface area contributed by atoms with Gasteiger partial charge < -0.3 is 9.73 Å². The molecule has 1 aromatic carbocycles. The molecule has 0 spiro atoms. The molecule has 1 unspecified atom stereocenters. The molecule has 2 aromatic heterocycles. The normalized spacial score (nSPS) is 12.9. The number of H-pyrrole nitrogens is 1. The summed E-state index contributed by atoms with van der Waals surface area (Å²) in [5, 5.41) is 15.3. The number of furan rings is 1. The van der Waals surface area contributed by atoms with Crippen LogP contribution in [0.25, 0.3) is 11.0 Å². The lowest BCUT2D eigenvalue weighted by Crippen LogP contribution is -2.23. The van der Waals surface area contributed by atoms with E-state index in [9.17, 15) is 0 Å². The number of hydrogen-bond donors (Lipinski definition) is 2. The van der Waals surface area contributed by atoms with Gasteiger partial charge in [0, 0.05) is 5.39 Å². The smallest absolute Gasteiger partial charge is 0.137 e. The molecular weight excluding hydrogens is 252 g/mol. The van der Waals surface area contributed by atoms with E-state index in [-0.39, 0.29) is 6.04 Å². The number of nitrogens with zero attached hydrogens (tertiary/aromatic N) is 2. The van der Waals surface area contributed by atoms with Crippen LogP contribution in [-0.4, -0.2) is 22.0 Å². The van der Waals surface area contributed by atoms with Crippen LogP contribution in [0.15, 0.2) is 34.9 Å². The Morgan fingerprint density at radius 2 is 2.30 bits per heavy atom. The molecule has 2 N–H and O–H groups in total. The molecule has 0 radical (unpaired) electrons. The minimum Gasteiger partial charge on any atom is -0.459 e. The zero-order chi connectivity index (χ0) is 13.9. The van der Waals surface area contributed by atoms with Gasteiger partial charge in [0.2, 0.25) is 0 Å². The van der Waals surface area contributed by atoms with Crippen molar-refractivity contribution in [1.82, 2.24) is 20.7 Å². The SMILES string of the molecule is CCCNC(c1cn[nH]n1)c1cc2cccc(C)c2o1. The van der Waals surface area contributed by atoms with E-state index >= 15 is 0 Å². The van der Waals surface area contributed by atoms with Crippen LogP contribution in [0.4, 0.5) is 0 Å². The molecule has 0 aliphatic carbocycles. The maximum atomic E-state index is 6.04. The van der Waals surface area contributed by atoms with Crippen molar-refractivity contribution in [2.24, 2.45) is 0 Å². The maximum absolute atomic E-state index is 6.04. The fourth-order valence-corrected chi connectivity index (χ4v) is 2.36. The van der Waals surface area contributed by atoms with Gasteiger partial charge in [0.1, 0.15) is 23.1 Å². The van der Waals surface area contributed by atoms with Gasteiger partial charge in [-0.1, -0.05) is 25.1 Å². The van der Waals surface area contributed by atoms with Gasteiger partial charge in [-0.2, -0.15) is 15.4 Å². The number of aromatic nitrogens is 3. The van der Waals surface area contributed by atoms with Gasteiger partial charge in [0.05, 0.1) is 6.20 Å². The van der Waals surface area contributed by atoms with Crippen molar-refractivity contribution in [3.8, 4) is 0 Å². The first-order valence-electron chi connectivity index (χ1n) is 6.87. The van der Waals surface area contributed by atoms with Gasteiger partial charge in [-0.05, 0) is 31.5 Å². The predicted octanol–water partition coefficient (Wildman–Crippen LogP) is 2.95. The lowest BCUT2D eigenvalue weighted by molar-refractivity contribution is 0.462. The summed E-state index contributed by atoms with van der Waals surface area (Å²) in [5.41, 5.74) is 2.92. The molecule has 20 heavy (non-hydrogen) atoms. The highest BCUT2D eigenvalue weighted by Gasteiger charge is 2.20. The lowest BCUT2D eigenvalue weighted by Gasteiger charge is -2.12. The second kappa shape index (κ2) is 5.46. The average Bonchev–Trinajstić information content (AvgIpc) is 3.09. The largest absolute Gasteiger partial charge is 0.459 e. The Bertz CT molecular complexity index is 687. The highest BCUT2D eigenvalue weighted by molar-refractivity contribution is 5.81. The number of benzene rings is 1. The van der Waals surface area contributed by atoms with E-state index in [4.69, 9.17) is 4.42 Å². The fraction of sp³-hybridized carbons (Fsp3) is 0.333. The quantitative estimate of drug-likeness (QED) is 0.748. The Kier molecular flexibility index (Phi) is 3.52. The van der Waals surface area contributed by atoms with E-state index in [0.717, 1.165) is 41.0 Å². The number of fused-ring (bicyclic) bond motifs is 1. The summed E-state index contributed by atoms with van der Waals surface area (Å²) in [6.45, 7) is 5.09. The molecule has 5 nitrogen and oxygen atoms in total. The first kappa shape index (κ1) is 12.9. The lowest BCUT2D eigenvalue weighted by atomic mass is 10.1. The minimum absolute atomic E-state index is 0.0690. The third kappa shape index (κ3) is 2.32. The topological polar surface area (TPSA) is 66.7 Å². The van der Waals surface area contributed by atoms with Gasteiger partial charge in [-0.25, -0.2) is 0 Å². The number of rotatable bonds is 5. The summed E-state index contributed by atoms with van der Waals surface area (Å²) in [5.74, 6) is 0.872. The molecule has 0 fully saturated rings. The first-order valence-corrected chi connectivity index (χ1v) is 6.87. The number of nitrogens with one attached hydrogen (secondary N) is 2. The van der Waals surface area contributed by atoms with Gasteiger partial charge in [0.25, 0.3) is 0 Å². The van der Waals surface area contributed by atoms with Crippen molar-refractivity contribution in [2.75, 3.05) is 6.54 Å². The second-order valence-corrected chi connectivity index (χ2v) is 4.92. The number of aryl methyl sites for hydroxylation is 1. The van der Waals surface area contributed by atoms with Crippen molar-refractivity contribution in [2.45, 2.75) is 26.3 Å². The molecule has 3 rings (SSSR count). The molecule has 2 heterocycles. The Labute approximate surface area is 117 Å². The number of para-hydroxylation sites is 1. The van der Waals surface area contributed by atoms with Gasteiger partial charge >= 0.3 is 0 Å². The molecule has 0 bridgehead atoms. The fourth-order valence-electron chi connectivity index (χ4n) is 2.36. The Balaban J connectivity index is 2.02. The number of aromatic amines is 1. The van der Waals surface area contributed by atoms with Crippen LogP contribution in [-0.2, 0) is 0 Å². The molecule has 104 valence electrons. The number of hydrogen-bond acceptors (Lipinski definition) is 4. The molecular formula is C15H18N4O. The van der Waals surface area contributed by atoms with E-state index in [2.05, 4.69) is 52.8 Å². The van der Waals surface area contributed by atoms with Crippen LogP contribution in [0, 0.1) is 6.92 Å². The van der Waals surface area contributed by atoms with Crippen molar-refractivity contribution >= 4 is 11.0 Å². The van der Waals surface area contributed by atoms with E-state index in [1.807, 2.05) is 6.07 Å². The van der Waals surface area contributed by atoms with Crippen molar-refractivity contribution in [3.05, 3.63) is 47.5 Å². The average molecular weight is 270 g/mol. The van der Waals surface area contributed by atoms with Gasteiger partial charge in [0.15, 0.2) is 0 Å². The highest BCUT2D eigenvalue weighted by atomic mass is 16.3. The summed E-state index contributed by atoms with van der Waals surface area (Å²) in [6, 6.07) is 8.17. The molecule has 3 aromatic rings. The van der Waals surface area contributed by atoms with Crippen LogP contribution < -0.4 is 5.32 Å². The van der Waals surface area contributed by atoms with Crippen LogP contribution in [0.1, 0.15) is 36.4 Å². The molecule has 5 heteroatoms. The molecule has 0 aliphatic rings. The third-order valence-electron chi connectivity index (χ3n) is 3.37. The van der Waals surface area contributed by atoms with Crippen LogP contribution in [0.3, 0.4) is 0 Å². The van der Waals surface area contributed by atoms with E-state index < -0.39 is 0 Å². The standard InChI is InChI=1S/C15H18N4O/c1-3-7-16-14(12-9-17-19-18-12)13-8-11-6-4-5-10(2)15(11)20-13/h4-6,8-9,14,16H,3,7H2,1-2H3,(H,17,18,19). The summed E-state index contributed by atoms with van der Waals surface area (Å²) >= 11 is 0. The Morgan fingerprint density at radius 1 is 1.40 bits per heavy atom. The summed E-state index contributed by atoms with van der Waals surface area (Å²) in [4.78, 5) is 0. The molecule has 0 saturated carbocycles. The third-order valence-corrected chi connectivity index (χ3v) is 3.37. The van der Waals surface area contributed by atoms with Crippen molar-refractivity contribution in [3.63, 3.8) is 0 Å². The molecule has 0 amide bonds. The second-order valence-electron chi connectivity index (χ2n) is 4.92. The Morgan fingerprint density at radius 3 is 3.00 bits per heavy atom. The van der Waals surface area contributed by atoms with E-state index in [0.29, 0.717) is 0 Å². The summed E-state index contributed by atoms with van der Waals surface area (Å²) in [7, 11) is 0. The van der Waals surface area contributed by atoms with Crippen molar-refractivity contribution in [1.29, 1.82) is 0 Å². The Hall–Kier alpha value is -2.14. The zero-order valence-electron chi connectivity index (χ0n) is 11.7. The van der Waals surface area contributed by atoms with Gasteiger partial charge in [-0.3, -0.25) is 0 Å². The monoisotopic (exact) mass is 270 g/mol. The summed E-state index contributed by atoms with van der Waals surface area (Å²) < 4.78 is 6.04. The van der Waals surface area contributed by atoms with Crippen molar-refractivity contribution < 1.29 is 4.42 Å². The van der Waals surface area contributed by atoms with E-state index in [1.165, 1.54) is 0 Å². The van der Waals surface area contributed by atoms with Gasteiger partial charge in [-0.15, -0.1) is 0 Å². The zero-order valence-corrected chi connectivity index (χ0v) is 11.7. The van der Waals surface area contributed by atoms with Crippen LogP contribution in [0.2, 0.25) is 0 Å². The minimum atomic E-state index is -0.0690.